The van der Waals surface area contributed by atoms with Crippen molar-refractivity contribution < 1.29 is 4.79 Å². The Kier molecular flexibility index (Phi) is 3.40. The molecule has 1 aromatic carbocycles. The van der Waals surface area contributed by atoms with Gasteiger partial charge in [-0.3, -0.25) is 4.79 Å². The highest BCUT2D eigenvalue weighted by Crippen LogP contribution is 2.33. The summed E-state index contributed by atoms with van der Waals surface area (Å²) in [6, 6.07) is 10.3. The molecule has 2 aromatic heterocycles. The Morgan fingerprint density at radius 2 is 1.90 bits per heavy atom. The highest BCUT2D eigenvalue weighted by Gasteiger charge is 2.19. The summed E-state index contributed by atoms with van der Waals surface area (Å²) in [6.45, 7) is 0. The van der Waals surface area contributed by atoms with E-state index in [1.54, 1.807) is 22.7 Å². The number of carbonyl (C=O) groups excluding carboxylic acids is 1. The van der Waals surface area contributed by atoms with Crippen molar-refractivity contribution in [1.82, 2.24) is 0 Å². The predicted octanol–water partition coefficient (Wildman–Crippen LogP) is 5.46. The van der Waals surface area contributed by atoms with E-state index in [0.717, 1.165) is 28.7 Å². The summed E-state index contributed by atoms with van der Waals surface area (Å²) < 4.78 is 1.19. The number of carbonyl (C=O) groups is 1. The lowest BCUT2D eigenvalue weighted by atomic mass is 10.1. The zero-order valence-corrected chi connectivity index (χ0v) is 13.4. The number of fused-ring (bicyclic) bond motifs is 2. The number of rotatable bonds is 2. The van der Waals surface area contributed by atoms with Crippen molar-refractivity contribution in [2.24, 2.45) is 0 Å². The van der Waals surface area contributed by atoms with Crippen LogP contribution in [-0.4, -0.2) is 5.78 Å². The molecule has 0 bridgehead atoms. The molecular weight excluding hydrogens is 296 g/mol. The average molecular weight is 312 g/mol. The highest BCUT2D eigenvalue weighted by molar-refractivity contribution is 7.18. The molecule has 0 atom stereocenters. The SMILES string of the molecule is O=C(c1cc2c(s1)CCCCC2)c1csc2ccccc12. The topological polar surface area (TPSA) is 17.1 Å². The smallest absolute Gasteiger partial charge is 0.204 e. The monoisotopic (exact) mass is 312 g/mol. The van der Waals surface area contributed by atoms with E-state index in [9.17, 15) is 4.79 Å². The summed E-state index contributed by atoms with van der Waals surface area (Å²) in [5.41, 5.74) is 2.28. The van der Waals surface area contributed by atoms with Crippen molar-refractivity contribution in [1.29, 1.82) is 0 Å². The van der Waals surface area contributed by atoms with Gasteiger partial charge in [-0.05, 0) is 43.4 Å². The second-order valence-electron chi connectivity index (χ2n) is 5.59. The van der Waals surface area contributed by atoms with Gasteiger partial charge in [-0.2, -0.15) is 0 Å². The molecule has 21 heavy (non-hydrogen) atoms. The van der Waals surface area contributed by atoms with Crippen LogP contribution in [0.15, 0.2) is 35.7 Å². The van der Waals surface area contributed by atoms with Gasteiger partial charge in [0.25, 0.3) is 0 Å². The highest BCUT2D eigenvalue weighted by atomic mass is 32.1. The predicted molar refractivity (Wildman–Crippen MR) is 90.8 cm³/mol. The minimum absolute atomic E-state index is 0.200. The largest absolute Gasteiger partial charge is 0.288 e. The quantitative estimate of drug-likeness (QED) is 0.453. The number of thiophene rings is 2. The Morgan fingerprint density at radius 3 is 2.86 bits per heavy atom. The minimum atomic E-state index is 0.200. The molecule has 106 valence electrons. The fraction of sp³-hybridized carbons (Fsp3) is 0.278. The summed E-state index contributed by atoms with van der Waals surface area (Å²) in [5, 5.41) is 3.11. The summed E-state index contributed by atoms with van der Waals surface area (Å²) in [6.07, 6.45) is 6.14. The van der Waals surface area contributed by atoms with Crippen LogP contribution in [0.25, 0.3) is 10.1 Å². The third-order valence-corrected chi connectivity index (χ3v) is 6.40. The van der Waals surface area contributed by atoms with E-state index < -0.39 is 0 Å². The molecule has 0 radical (unpaired) electrons. The molecule has 4 rings (SSSR count). The molecule has 1 nitrogen and oxygen atoms in total. The number of hydrogen-bond acceptors (Lipinski definition) is 3. The molecule has 0 spiro atoms. The molecule has 0 fully saturated rings. The van der Waals surface area contributed by atoms with Crippen molar-refractivity contribution >= 4 is 38.5 Å². The first kappa shape index (κ1) is 13.2. The van der Waals surface area contributed by atoms with Crippen molar-refractivity contribution in [3.63, 3.8) is 0 Å². The van der Waals surface area contributed by atoms with Gasteiger partial charge in [0, 0.05) is 25.9 Å². The molecule has 1 aliphatic rings. The van der Waals surface area contributed by atoms with Gasteiger partial charge < -0.3 is 0 Å². The Bertz CT molecular complexity index is 786. The van der Waals surface area contributed by atoms with E-state index in [0.29, 0.717) is 0 Å². The van der Waals surface area contributed by atoms with E-state index in [2.05, 4.69) is 18.2 Å². The minimum Gasteiger partial charge on any atom is -0.288 e. The number of hydrogen-bond donors (Lipinski definition) is 0. The lowest BCUT2D eigenvalue weighted by Crippen LogP contribution is -1.97. The maximum Gasteiger partial charge on any atom is 0.204 e. The van der Waals surface area contributed by atoms with Crippen LogP contribution in [0.1, 0.15) is 44.9 Å². The molecule has 1 aliphatic carbocycles. The van der Waals surface area contributed by atoms with Gasteiger partial charge in [0.1, 0.15) is 0 Å². The van der Waals surface area contributed by atoms with Gasteiger partial charge in [0.05, 0.1) is 4.88 Å². The van der Waals surface area contributed by atoms with Crippen LogP contribution in [0.4, 0.5) is 0 Å². The van der Waals surface area contributed by atoms with Gasteiger partial charge in [-0.15, -0.1) is 22.7 Å². The third-order valence-electron chi connectivity index (χ3n) is 4.20. The zero-order valence-electron chi connectivity index (χ0n) is 11.7. The normalized spacial score (nSPS) is 14.9. The number of aryl methyl sites for hydroxylation is 2. The van der Waals surface area contributed by atoms with Gasteiger partial charge in [0.2, 0.25) is 5.78 Å². The first-order valence-corrected chi connectivity index (χ1v) is 9.15. The van der Waals surface area contributed by atoms with E-state index in [1.165, 1.54) is 34.4 Å². The molecular formula is C18H16OS2. The molecule has 2 heterocycles. The third kappa shape index (κ3) is 2.34. The van der Waals surface area contributed by atoms with Crippen molar-refractivity contribution in [3.8, 4) is 0 Å². The second kappa shape index (κ2) is 5.39. The Morgan fingerprint density at radius 1 is 1.05 bits per heavy atom. The number of benzene rings is 1. The summed E-state index contributed by atoms with van der Waals surface area (Å²) >= 11 is 3.38. The Hall–Kier alpha value is -1.45. The van der Waals surface area contributed by atoms with Crippen LogP contribution >= 0.6 is 22.7 Å². The molecule has 0 N–H and O–H groups in total. The maximum atomic E-state index is 12.8. The van der Waals surface area contributed by atoms with Crippen LogP contribution in [0.2, 0.25) is 0 Å². The Balaban J connectivity index is 1.75. The zero-order chi connectivity index (χ0) is 14.2. The summed E-state index contributed by atoms with van der Waals surface area (Å²) in [7, 11) is 0. The lowest BCUT2D eigenvalue weighted by molar-refractivity contribution is 0.104. The summed E-state index contributed by atoms with van der Waals surface area (Å²) in [5.74, 6) is 0.200. The van der Waals surface area contributed by atoms with Gasteiger partial charge >= 0.3 is 0 Å². The molecule has 0 amide bonds. The first-order chi connectivity index (χ1) is 10.3. The van der Waals surface area contributed by atoms with E-state index >= 15 is 0 Å². The van der Waals surface area contributed by atoms with Crippen LogP contribution in [-0.2, 0) is 12.8 Å². The second-order valence-corrected chi connectivity index (χ2v) is 7.64. The molecule has 0 aliphatic heterocycles. The van der Waals surface area contributed by atoms with Crippen molar-refractivity contribution in [2.75, 3.05) is 0 Å². The van der Waals surface area contributed by atoms with Gasteiger partial charge in [0.15, 0.2) is 0 Å². The van der Waals surface area contributed by atoms with Crippen LogP contribution in [0.5, 0.6) is 0 Å². The standard InChI is InChI=1S/C18H16OS2/c19-18(14-11-20-16-9-5-4-7-13(14)16)17-10-12-6-2-1-3-8-15(12)21-17/h4-5,7,9-11H,1-3,6,8H2. The van der Waals surface area contributed by atoms with Crippen LogP contribution in [0.3, 0.4) is 0 Å². The molecule has 3 heteroatoms. The van der Waals surface area contributed by atoms with Crippen molar-refractivity contribution in [2.45, 2.75) is 32.1 Å². The van der Waals surface area contributed by atoms with E-state index in [1.807, 2.05) is 17.5 Å². The number of ketones is 1. The summed E-state index contributed by atoms with van der Waals surface area (Å²) in [4.78, 5) is 15.2. The van der Waals surface area contributed by atoms with Crippen LogP contribution < -0.4 is 0 Å². The van der Waals surface area contributed by atoms with Gasteiger partial charge in [-0.1, -0.05) is 24.6 Å². The van der Waals surface area contributed by atoms with E-state index in [4.69, 9.17) is 0 Å². The van der Waals surface area contributed by atoms with Crippen molar-refractivity contribution in [3.05, 3.63) is 56.6 Å². The molecule has 3 aromatic rings. The lowest BCUT2D eigenvalue weighted by Gasteiger charge is -1.97. The van der Waals surface area contributed by atoms with Crippen LogP contribution in [0, 0.1) is 0 Å². The molecule has 0 unspecified atom stereocenters. The first-order valence-electron chi connectivity index (χ1n) is 7.45. The fourth-order valence-electron chi connectivity index (χ4n) is 3.07. The fourth-order valence-corrected chi connectivity index (χ4v) is 5.21. The maximum absolute atomic E-state index is 12.8. The molecule has 0 saturated carbocycles. The van der Waals surface area contributed by atoms with Gasteiger partial charge in [-0.25, -0.2) is 0 Å². The van der Waals surface area contributed by atoms with E-state index in [-0.39, 0.29) is 5.78 Å². The molecule has 0 saturated heterocycles. The average Bonchev–Trinajstić information content (AvgIpc) is 3.05. The Labute approximate surface area is 132 Å².